The standard InChI is InChI=1S/C13H25N/c1-4-13(14,9(2)3)12-8-10-5-6-11(12)7-10/h9-12H,4-8,14H2,1-3H3. The second-order valence-electron chi connectivity index (χ2n) is 5.90. The molecule has 1 nitrogen and oxygen atoms in total. The Kier molecular flexibility index (Phi) is 2.63. The number of rotatable bonds is 3. The average Bonchev–Trinajstić information content (AvgIpc) is 2.77. The van der Waals surface area contributed by atoms with Crippen LogP contribution in [0.5, 0.6) is 0 Å². The van der Waals surface area contributed by atoms with Crippen LogP contribution in [0.1, 0.15) is 52.9 Å². The molecule has 4 unspecified atom stereocenters. The SMILES string of the molecule is CCC(N)(C(C)C)C1CC2CCC1C2. The first-order valence-corrected chi connectivity index (χ1v) is 6.36. The lowest BCUT2D eigenvalue weighted by molar-refractivity contribution is 0.132. The molecule has 0 saturated heterocycles. The molecule has 0 aromatic rings. The third-order valence-electron chi connectivity index (χ3n) is 5.12. The van der Waals surface area contributed by atoms with Crippen molar-refractivity contribution < 1.29 is 0 Å². The zero-order valence-electron chi connectivity index (χ0n) is 9.92. The Morgan fingerprint density at radius 2 is 2.00 bits per heavy atom. The minimum atomic E-state index is 0.125. The minimum Gasteiger partial charge on any atom is -0.325 e. The fraction of sp³-hybridized carbons (Fsp3) is 1.00. The van der Waals surface area contributed by atoms with Crippen molar-refractivity contribution in [3.63, 3.8) is 0 Å². The molecule has 1 heteroatoms. The zero-order chi connectivity index (χ0) is 10.3. The highest BCUT2D eigenvalue weighted by Crippen LogP contribution is 2.53. The zero-order valence-corrected chi connectivity index (χ0v) is 9.92. The summed E-state index contributed by atoms with van der Waals surface area (Å²) in [5.41, 5.74) is 6.76. The molecule has 2 fully saturated rings. The molecule has 2 N–H and O–H groups in total. The van der Waals surface area contributed by atoms with Crippen molar-refractivity contribution in [2.75, 3.05) is 0 Å². The maximum absolute atomic E-state index is 6.63. The highest BCUT2D eigenvalue weighted by molar-refractivity contribution is 5.03. The summed E-state index contributed by atoms with van der Waals surface area (Å²) in [5, 5.41) is 0. The predicted molar refractivity (Wildman–Crippen MR) is 61.0 cm³/mol. The lowest BCUT2D eigenvalue weighted by Crippen LogP contribution is -2.52. The molecule has 4 atom stereocenters. The fourth-order valence-corrected chi connectivity index (χ4v) is 4.00. The lowest BCUT2D eigenvalue weighted by atomic mass is 9.68. The van der Waals surface area contributed by atoms with Crippen molar-refractivity contribution in [3.05, 3.63) is 0 Å². The van der Waals surface area contributed by atoms with Crippen LogP contribution in [0.3, 0.4) is 0 Å². The van der Waals surface area contributed by atoms with E-state index >= 15 is 0 Å². The van der Waals surface area contributed by atoms with Crippen LogP contribution < -0.4 is 5.73 Å². The van der Waals surface area contributed by atoms with Gasteiger partial charge in [0.2, 0.25) is 0 Å². The second-order valence-corrected chi connectivity index (χ2v) is 5.90. The molecule has 0 amide bonds. The first kappa shape index (κ1) is 10.5. The summed E-state index contributed by atoms with van der Waals surface area (Å²) in [6, 6.07) is 0. The molecule has 0 aromatic heterocycles. The topological polar surface area (TPSA) is 26.0 Å². The Hall–Kier alpha value is -0.0400. The molecular formula is C13H25N. The van der Waals surface area contributed by atoms with Gasteiger partial charge in [-0.05, 0) is 49.4 Å². The first-order valence-electron chi connectivity index (χ1n) is 6.36. The molecule has 14 heavy (non-hydrogen) atoms. The number of fused-ring (bicyclic) bond motifs is 2. The molecular weight excluding hydrogens is 170 g/mol. The Labute approximate surface area is 88.4 Å². The smallest absolute Gasteiger partial charge is 0.0206 e. The van der Waals surface area contributed by atoms with Crippen molar-refractivity contribution in [3.8, 4) is 0 Å². The Bertz CT molecular complexity index is 211. The normalized spacial score (nSPS) is 40.5. The van der Waals surface area contributed by atoms with Gasteiger partial charge in [-0.3, -0.25) is 0 Å². The summed E-state index contributed by atoms with van der Waals surface area (Å²) in [5.74, 6) is 3.45. The van der Waals surface area contributed by atoms with E-state index in [4.69, 9.17) is 5.73 Å². The van der Waals surface area contributed by atoms with Crippen LogP contribution in [0.2, 0.25) is 0 Å². The molecule has 0 aromatic carbocycles. The van der Waals surface area contributed by atoms with Gasteiger partial charge in [0.25, 0.3) is 0 Å². The summed E-state index contributed by atoms with van der Waals surface area (Å²) in [6.07, 6.45) is 7.00. The van der Waals surface area contributed by atoms with Crippen molar-refractivity contribution in [2.45, 2.75) is 58.4 Å². The maximum Gasteiger partial charge on any atom is 0.0206 e. The van der Waals surface area contributed by atoms with Gasteiger partial charge in [0, 0.05) is 5.54 Å². The van der Waals surface area contributed by atoms with Gasteiger partial charge in [-0.15, -0.1) is 0 Å². The van der Waals surface area contributed by atoms with Crippen molar-refractivity contribution in [2.24, 2.45) is 29.4 Å². The van der Waals surface area contributed by atoms with E-state index in [1.807, 2.05) is 0 Å². The molecule has 82 valence electrons. The van der Waals surface area contributed by atoms with E-state index < -0.39 is 0 Å². The van der Waals surface area contributed by atoms with Crippen LogP contribution in [-0.2, 0) is 0 Å². The van der Waals surface area contributed by atoms with E-state index in [-0.39, 0.29) is 5.54 Å². The van der Waals surface area contributed by atoms with Gasteiger partial charge in [-0.1, -0.05) is 27.2 Å². The van der Waals surface area contributed by atoms with Gasteiger partial charge in [0.05, 0.1) is 0 Å². The minimum absolute atomic E-state index is 0.125. The monoisotopic (exact) mass is 195 g/mol. The van der Waals surface area contributed by atoms with E-state index in [1.165, 1.54) is 25.7 Å². The highest BCUT2D eigenvalue weighted by atomic mass is 14.8. The van der Waals surface area contributed by atoms with Crippen LogP contribution in [0.25, 0.3) is 0 Å². The number of hydrogen-bond donors (Lipinski definition) is 1. The van der Waals surface area contributed by atoms with Gasteiger partial charge in [-0.25, -0.2) is 0 Å². The van der Waals surface area contributed by atoms with Gasteiger partial charge in [0.1, 0.15) is 0 Å². The second kappa shape index (κ2) is 3.52. The molecule has 0 aliphatic heterocycles. The number of nitrogens with two attached hydrogens (primary N) is 1. The third kappa shape index (κ3) is 1.41. The van der Waals surface area contributed by atoms with Crippen molar-refractivity contribution >= 4 is 0 Å². The van der Waals surface area contributed by atoms with E-state index in [0.717, 1.165) is 24.2 Å². The van der Waals surface area contributed by atoms with Gasteiger partial charge >= 0.3 is 0 Å². The third-order valence-corrected chi connectivity index (χ3v) is 5.12. The Morgan fingerprint density at radius 1 is 1.29 bits per heavy atom. The van der Waals surface area contributed by atoms with Crippen LogP contribution >= 0.6 is 0 Å². The average molecular weight is 195 g/mol. The summed E-state index contributed by atoms with van der Waals surface area (Å²) in [4.78, 5) is 0. The maximum atomic E-state index is 6.63. The Balaban J connectivity index is 2.13. The lowest BCUT2D eigenvalue weighted by Gasteiger charge is -2.42. The molecule has 0 spiro atoms. The number of hydrogen-bond acceptors (Lipinski definition) is 1. The van der Waals surface area contributed by atoms with E-state index in [0.29, 0.717) is 5.92 Å². The quantitative estimate of drug-likeness (QED) is 0.735. The molecule has 2 bridgehead atoms. The van der Waals surface area contributed by atoms with Gasteiger partial charge in [0.15, 0.2) is 0 Å². The van der Waals surface area contributed by atoms with E-state index in [2.05, 4.69) is 20.8 Å². The molecule has 2 aliphatic carbocycles. The van der Waals surface area contributed by atoms with Gasteiger partial charge in [-0.2, -0.15) is 0 Å². The van der Waals surface area contributed by atoms with Crippen molar-refractivity contribution in [1.82, 2.24) is 0 Å². The van der Waals surface area contributed by atoms with Gasteiger partial charge < -0.3 is 5.73 Å². The summed E-state index contributed by atoms with van der Waals surface area (Å²) in [7, 11) is 0. The van der Waals surface area contributed by atoms with Crippen LogP contribution in [-0.4, -0.2) is 5.54 Å². The van der Waals surface area contributed by atoms with Crippen LogP contribution in [0.4, 0.5) is 0 Å². The van der Waals surface area contributed by atoms with Crippen LogP contribution in [0.15, 0.2) is 0 Å². The van der Waals surface area contributed by atoms with E-state index in [1.54, 1.807) is 0 Å². The summed E-state index contributed by atoms with van der Waals surface area (Å²) in [6.45, 7) is 6.87. The molecule has 0 heterocycles. The van der Waals surface area contributed by atoms with Crippen molar-refractivity contribution in [1.29, 1.82) is 0 Å². The largest absolute Gasteiger partial charge is 0.325 e. The van der Waals surface area contributed by atoms with Crippen LogP contribution in [0, 0.1) is 23.7 Å². The molecule has 2 aliphatic rings. The summed E-state index contributed by atoms with van der Waals surface area (Å²) >= 11 is 0. The highest BCUT2D eigenvalue weighted by Gasteiger charge is 2.48. The molecule has 0 radical (unpaired) electrons. The fourth-order valence-electron chi connectivity index (χ4n) is 4.00. The summed E-state index contributed by atoms with van der Waals surface area (Å²) < 4.78 is 0. The first-order chi connectivity index (χ1) is 6.58. The predicted octanol–water partition coefficient (Wildman–Crippen LogP) is 3.19. The Morgan fingerprint density at radius 3 is 2.36 bits per heavy atom. The molecule has 2 rings (SSSR count). The van der Waals surface area contributed by atoms with E-state index in [9.17, 15) is 0 Å². The molecule has 2 saturated carbocycles.